The summed E-state index contributed by atoms with van der Waals surface area (Å²) in [5.41, 5.74) is 7.72. The van der Waals surface area contributed by atoms with Gasteiger partial charge in [0.25, 0.3) is 0 Å². The monoisotopic (exact) mass is 698 g/mol. The Balaban J connectivity index is 1.12. The molecule has 1 amide bonds. The first kappa shape index (κ1) is 33.5. The molecule has 49 heavy (non-hydrogen) atoms. The summed E-state index contributed by atoms with van der Waals surface area (Å²) in [4.78, 5) is 21.4. The predicted octanol–water partition coefficient (Wildman–Crippen LogP) is 6.92. The lowest BCUT2D eigenvalue weighted by molar-refractivity contribution is -0.119. The van der Waals surface area contributed by atoms with E-state index in [0.717, 1.165) is 83.5 Å². The van der Waals surface area contributed by atoms with E-state index < -0.39 is 0 Å². The molecule has 3 aromatic heterocycles. The maximum absolute atomic E-state index is 11.5. The Kier molecular flexibility index (Phi) is 10.2. The first-order valence-corrected chi connectivity index (χ1v) is 17.5. The number of halogens is 2. The molecule has 2 atom stereocenters. The highest BCUT2D eigenvalue weighted by Crippen LogP contribution is 2.42. The molecular weight excluding hydrogens is 659 g/mol. The van der Waals surface area contributed by atoms with Gasteiger partial charge in [-0.1, -0.05) is 65.7 Å². The third-order valence-corrected chi connectivity index (χ3v) is 10.2. The molecule has 2 fully saturated rings. The lowest BCUT2D eigenvalue weighted by Gasteiger charge is -2.15. The van der Waals surface area contributed by atoms with Crippen molar-refractivity contribution in [2.24, 2.45) is 7.05 Å². The highest BCUT2D eigenvalue weighted by molar-refractivity contribution is 6.39. The van der Waals surface area contributed by atoms with Gasteiger partial charge in [0.2, 0.25) is 11.8 Å². The Morgan fingerprint density at radius 3 is 2.22 bits per heavy atom. The van der Waals surface area contributed by atoms with Gasteiger partial charge in [-0.25, -0.2) is 9.97 Å². The second-order valence-corrected chi connectivity index (χ2v) is 13.5. The fourth-order valence-corrected chi connectivity index (χ4v) is 7.46. The number of benzene rings is 2. The minimum atomic E-state index is 0.107. The Bertz CT molecular complexity index is 1990. The number of ether oxygens (including phenoxy) is 2. The van der Waals surface area contributed by atoms with Gasteiger partial charge in [-0.05, 0) is 43.0 Å². The number of aromatic nitrogens is 3. The van der Waals surface area contributed by atoms with Crippen LogP contribution in [0.3, 0.4) is 0 Å². The third-order valence-electron chi connectivity index (χ3n) is 9.38. The number of nitrogens with zero attached hydrogens (tertiary/aromatic N) is 3. The van der Waals surface area contributed by atoms with Crippen molar-refractivity contribution in [3.05, 3.63) is 88.0 Å². The molecule has 7 rings (SSSR count). The third kappa shape index (κ3) is 7.18. The number of amides is 1. The van der Waals surface area contributed by atoms with E-state index in [1.165, 1.54) is 5.56 Å². The fraction of sp³-hybridized carbons (Fsp3) is 0.342. The quantitative estimate of drug-likeness (QED) is 0.130. The summed E-state index contributed by atoms with van der Waals surface area (Å²) in [6.45, 7) is 3.72. The number of pyridine rings is 2. The van der Waals surface area contributed by atoms with Crippen LogP contribution < -0.4 is 20.7 Å². The Morgan fingerprint density at radius 1 is 0.878 bits per heavy atom. The maximum Gasteiger partial charge on any atom is 0.220 e. The van der Waals surface area contributed by atoms with Gasteiger partial charge in [0.1, 0.15) is 5.65 Å². The van der Waals surface area contributed by atoms with E-state index in [-0.39, 0.29) is 11.9 Å². The number of fused-ring (bicyclic) bond motifs is 1. The summed E-state index contributed by atoms with van der Waals surface area (Å²) < 4.78 is 13.5. The minimum absolute atomic E-state index is 0.107. The standard InChI is InChI=1S/C38H40Cl2N6O3/c1-46-22-24(19-42-21-26-6-5-17-49-26)27-13-15-32(44-37(27)46)30-9-3-7-28(35(30)39)29-8-4-10-31(36(29)40)33-14-11-23(38(45-33)48-2)18-41-20-25-12-16-34(47)43-25/h3-4,7-11,13-15,22,25-26,41-42H,5-6,12,16-21H2,1-2H3,(H,43,47)/t25-,26+/m0/s1. The highest BCUT2D eigenvalue weighted by Gasteiger charge is 2.21. The average molecular weight is 700 g/mol. The summed E-state index contributed by atoms with van der Waals surface area (Å²) in [7, 11) is 3.64. The average Bonchev–Trinajstić information content (AvgIpc) is 3.86. The number of hydrogen-bond acceptors (Lipinski definition) is 7. The number of carbonyl (C=O) groups excluding carboxylic acids is 1. The van der Waals surface area contributed by atoms with E-state index in [1.54, 1.807) is 7.11 Å². The SMILES string of the molecule is COc1nc(-c2cccc(-c3cccc(-c4ccc5c(CNC[C@H]6CCCO6)cn(C)c5n4)c3Cl)c2Cl)ccc1CNC[C@@H]1CCC(=O)N1. The van der Waals surface area contributed by atoms with Crippen LogP contribution in [0.25, 0.3) is 44.7 Å². The molecule has 0 radical (unpaired) electrons. The van der Waals surface area contributed by atoms with Gasteiger partial charge in [0.05, 0.1) is 34.6 Å². The van der Waals surface area contributed by atoms with Crippen molar-refractivity contribution < 1.29 is 14.3 Å². The van der Waals surface area contributed by atoms with Crippen LogP contribution in [0.1, 0.15) is 36.8 Å². The van der Waals surface area contributed by atoms with Crippen molar-refractivity contribution in [2.45, 2.75) is 50.9 Å². The number of hydrogen-bond donors (Lipinski definition) is 3. The van der Waals surface area contributed by atoms with E-state index >= 15 is 0 Å². The first-order valence-electron chi connectivity index (χ1n) is 16.8. The van der Waals surface area contributed by atoms with Crippen LogP contribution in [0.5, 0.6) is 5.88 Å². The zero-order valence-corrected chi connectivity index (χ0v) is 29.2. The number of carbonyl (C=O) groups is 1. The summed E-state index contributed by atoms with van der Waals surface area (Å²) in [5.74, 6) is 0.627. The summed E-state index contributed by atoms with van der Waals surface area (Å²) in [6, 6.07) is 20.1. The molecule has 2 aliphatic rings. The normalized spacial score (nSPS) is 17.6. The molecule has 5 heterocycles. The Hall–Kier alpha value is -3.99. The van der Waals surface area contributed by atoms with E-state index in [1.807, 2.05) is 61.6 Å². The molecular formula is C38H40Cl2N6O3. The number of aryl methyl sites for hydroxylation is 1. The van der Waals surface area contributed by atoms with Crippen LogP contribution >= 0.6 is 23.2 Å². The van der Waals surface area contributed by atoms with Gasteiger partial charge in [0.15, 0.2) is 0 Å². The fourth-order valence-electron chi connectivity index (χ4n) is 6.81. The van der Waals surface area contributed by atoms with Crippen LogP contribution in [0.4, 0.5) is 0 Å². The van der Waals surface area contributed by atoms with Crippen molar-refractivity contribution in [1.29, 1.82) is 0 Å². The van der Waals surface area contributed by atoms with E-state index in [4.69, 9.17) is 42.6 Å². The molecule has 11 heteroatoms. The van der Waals surface area contributed by atoms with Gasteiger partial charge in [-0.3, -0.25) is 4.79 Å². The molecule has 5 aromatic rings. The zero-order chi connectivity index (χ0) is 33.9. The number of nitrogens with one attached hydrogen (secondary N) is 3. The molecule has 3 N–H and O–H groups in total. The molecule has 0 unspecified atom stereocenters. The molecule has 2 saturated heterocycles. The van der Waals surface area contributed by atoms with Crippen molar-refractivity contribution in [3.63, 3.8) is 0 Å². The van der Waals surface area contributed by atoms with E-state index in [2.05, 4.69) is 32.8 Å². The molecule has 2 aliphatic heterocycles. The van der Waals surface area contributed by atoms with Gasteiger partial charge >= 0.3 is 0 Å². The molecule has 0 aliphatic carbocycles. The summed E-state index contributed by atoms with van der Waals surface area (Å²) in [5, 5.41) is 12.2. The zero-order valence-electron chi connectivity index (χ0n) is 27.7. The van der Waals surface area contributed by atoms with Gasteiger partial charge in [0, 0.05) is 91.7 Å². The summed E-state index contributed by atoms with van der Waals surface area (Å²) >= 11 is 14.3. The molecule has 0 saturated carbocycles. The first-order chi connectivity index (χ1) is 23.9. The smallest absolute Gasteiger partial charge is 0.220 e. The largest absolute Gasteiger partial charge is 0.481 e. The van der Waals surface area contributed by atoms with Crippen LogP contribution in [0.15, 0.2) is 66.9 Å². The Morgan fingerprint density at radius 2 is 1.55 bits per heavy atom. The molecule has 0 spiro atoms. The minimum Gasteiger partial charge on any atom is -0.481 e. The van der Waals surface area contributed by atoms with Gasteiger partial charge in [-0.15, -0.1) is 0 Å². The highest BCUT2D eigenvalue weighted by atomic mass is 35.5. The summed E-state index contributed by atoms with van der Waals surface area (Å²) in [6.07, 6.45) is 6.11. The molecule has 2 aromatic carbocycles. The molecule has 0 bridgehead atoms. The number of methoxy groups -OCH3 is 1. The molecule has 9 nitrogen and oxygen atoms in total. The lowest BCUT2D eigenvalue weighted by atomic mass is 9.98. The van der Waals surface area contributed by atoms with Crippen LogP contribution in [0, 0.1) is 0 Å². The number of rotatable bonds is 12. The lowest BCUT2D eigenvalue weighted by Crippen LogP contribution is -2.35. The maximum atomic E-state index is 11.5. The van der Waals surface area contributed by atoms with Crippen LogP contribution in [-0.4, -0.2) is 59.4 Å². The van der Waals surface area contributed by atoms with Crippen molar-refractivity contribution >= 4 is 40.1 Å². The van der Waals surface area contributed by atoms with Gasteiger partial charge in [-0.2, -0.15) is 0 Å². The van der Waals surface area contributed by atoms with Crippen LogP contribution in [0.2, 0.25) is 10.0 Å². The molecule has 254 valence electrons. The second-order valence-electron chi connectivity index (χ2n) is 12.7. The van der Waals surface area contributed by atoms with Crippen molar-refractivity contribution in [1.82, 2.24) is 30.5 Å². The second kappa shape index (κ2) is 14.9. The van der Waals surface area contributed by atoms with Crippen LogP contribution in [-0.2, 0) is 29.7 Å². The van der Waals surface area contributed by atoms with E-state index in [0.29, 0.717) is 47.2 Å². The predicted molar refractivity (Wildman–Crippen MR) is 195 cm³/mol. The van der Waals surface area contributed by atoms with Crippen molar-refractivity contribution in [3.8, 4) is 39.5 Å². The van der Waals surface area contributed by atoms with Gasteiger partial charge < -0.3 is 30.0 Å². The Labute approximate surface area is 296 Å². The van der Waals surface area contributed by atoms with E-state index in [9.17, 15) is 4.79 Å². The van der Waals surface area contributed by atoms with Crippen molar-refractivity contribution in [2.75, 3.05) is 26.8 Å². The topological polar surface area (TPSA) is 102 Å².